The maximum Gasteiger partial charge on any atom is 0.261 e. The van der Waals surface area contributed by atoms with Crippen molar-refractivity contribution in [2.45, 2.75) is 26.8 Å². The van der Waals surface area contributed by atoms with E-state index in [4.69, 9.17) is 16.3 Å². The highest BCUT2D eigenvalue weighted by molar-refractivity contribution is 6.30. The molecule has 3 rings (SSSR count). The Morgan fingerprint density at radius 3 is 2.52 bits per heavy atom. The molecule has 0 aliphatic carbocycles. The van der Waals surface area contributed by atoms with Crippen LogP contribution in [0.3, 0.4) is 0 Å². The molecular weight excluding hydrogens is 364 g/mol. The van der Waals surface area contributed by atoms with Crippen LogP contribution < -0.4 is 9.64 Å². The Labute approximate surface area is 164 Å². The Kier molecular flexibility index (Phi) is 5.71. The van der Waals surface area contributed by atoms with Crippen LogP contribution in [0.15, 0.2) is 42.5 Å². The van der Waals surface area contributed by atoms with Crippen LogP contribution in [0, 0.1) is 13.8 Å². The van der Waals surface area contributed by atoms with E-state index >= 15 is 0 Å². The van der Waals surface area contributed by atoms with Gasteiger partial charge in [0.05, 0.1) is 0 Å². The van der Waals surface area contributed by atoms with E-state index in [0.717, 1.165) is 16.8 Å². The molecule has 142 valence electrons. The smallest absolute Gasteiger partial charge is 0.261 e. The molecule has 0 bridgehead atoms. The lowest BCUT2D eigenvalue weighted by molar-refractivity contribution is -0.142. The van der Waals surface area contributed by atoms with Gasteiger partial charge < -0.3 is 14.5 Å². The predicted molar refractivity (Wildman–Crippen MR) is 106 cm³/mol. The van der Waals surface area contributed by atoms with E-state index in [9.17, 15) is 9.59 Å². The fourth-order valence-electron chi connectivity index (χ4n) is 3.32. The minimum absolute atomic E-state index is 0.0759. The SMILES string of the molecule is Cc1ccc(N2CCN(C(=O)COc3ccc(Cl)cc3)[C@@H](C)C2=O)c(C)c1. The Morgan fingerprint density at radius 1 is 1.15 bits per heavy atom. The molecule has 1 aliphatic rings. The van der Waals surface area contributed by atoms with Gasteiger partial charge in [-0.05, 0) is 56.7 Å². The van der Waals surface area contributed by atoms with Gasteiger partial charge in [0.1, 0.15) is 11.8 Å². The van der Waals surface area contributed by atoms with Gasteiger partial charge in [-0.2, -0.15) is 0 Å². The number of nitrogens with zero attached hydrogens (tertiary/aromatic N) is 2. The number of anilines is 1. The van der Waals surface area contributed by atoms with Gasteiger partial charge in [-0.3, -0.25) is 9.59 Å². The van der Waals surface area contributed by atoms with Gasteiger partial charge in [0.2, 0.25) is 5.91 Å². The molecule has 2 aromatic rings. The van der Waals surface area contributed by atoms with Crippen LogP contribution in [0.25, 0.3) is 0 Å². The molecule has 2 amide bonds. The van der Waals surface area contributed by atoms with Crippen molar-refractivity contribution in [1.82, 2.24) is 4.90 Å². The normalized spacial score (nSPS) is 17.2. The summed E-state index contributed by atoms with van der Waals surface area (Å²) in [6.45, 7) is 6.63. The third kappa shape index (κ3) is 4.25. The Bertz CT molecular complexity index is 851. The number of aryl methyl sites for hydroxylation is 2. The zero-order valence-electron chi connectivity index (χ0n) is 15.7. The number of amides is 2. The van der Waals surface area contributed by atoms with E-state index in [2.05, 4.69) is 6.07 Å². The summed E-state index contributed by atoms with van der Waals surface area (Å²) in [7, 11) is 0. The van der Waals surface area contributed by atoms with Crippen molar-refractivity contribution in [3.63, 3.8) is 0 Å². The molecule has 6 heteroatoms. The number of hydrogen-bond acceptors (Lipinski definition) is 3. The molecule has 0 radical (unpaired) electrons. The van der Waals surface area contributed by atoms with E-state index in [1.165, 1.54) is 0 Å². The van der Waals surface area contributed by atoms with Crippen molar-refractivity contribution in [3.8, 4) is 5.75 Å². The highest BCUT2D eigenvalue weighted by Crippen LogP contribution is 2.25. The molecule has 0 saturated carbocycles. The average molecular weight is 387 g/mol. The van der Waals surface area contributed by atoms with Gasteiger partial charge in [0.15, 0.2) is 6.61 Å². The van der Waals surface area contributed by atoms with Gasteiger partial charge >= 0.3 is 0 Å². The average Bonchev–Trinajstić information content (AvgIpc) is 2.64. The molecule has 5 nitrogen and oxygen atoms in total. The molecule has 1 heterocycles. The number of rotatable bonds is 4. The van der Waals surface area contributed by atoms with Crippen molar-refractivity contribution >= 4 is 29.1 Å². The minimum atomic E-state index is -0.527. The largest absolute Gasteiger partial charge is 0.484 e. The quantitative estimate of drug-likeness (QED) is 0.806. The zero-order chi connectivity index (χ0) is 19.6. The van der Waals surface area contributed by atoms with Crippen LogP contribution in [0.1, 0.15) is 18.1 Å². The molecule has 1 aliphatic heterocycles. The van der Waals surface area contributed by atoms with E-state index in [1.807, 2.05) is 26.0 Å². The van der Waals surface area contributed by atoms with E-state index in [1.54, 1.807) is 41.0 Å². The van der Waals surface area contributed by atoms with E-state index in [-0.39, 0.29) is 18.4 Å². The lowest BCUT2D eigenvalue weighted by Crippen LogP contribution is -2.58. The molecule has 1 atom stereocenters. The first-order valence-corrected chi connectivity index (χ1v) is 9.31. The zero-order valence-corrected chi connectivity index (χ0v) is 16.5. The second kappa shape index (κ2) is 8.01. The summed E-state index contributed by atoms with van der Waals surface area (Å²) in [5, 5.41) is 0.607. The number of hydrogen-bond donors (Lipinski definition) is 0. The number of halogens is 1. The molecule has 0 spiro atoms. The number of piperazine rings is 1. The minimum Gasteiger partial charge on any atom is -0.484 e. The van der Waals surface area contributed by atoms with Crippen LogP contribution in [-0.2, 0) is 9.59 Å². The summed E-state index contributed by atoms with van der Waals surface area (Å²) in [5.41, 5.74) is 3.12. The maximum absolute atomic E-state index is 12.9. The summed E-state index contributed by atoms with van der Waals surface area (Å²) in [6, 6.07) is 12.3. The van der Waals surface area contributed by atoms with Gasteiger partial charge in [-0.1, -0.05) is 29.3 Å². The molecule has 0 unspecified atom stereocenters. The van der Waals surface area contributed by atoms with Gasteiger partial charge in [0.25, 0.3) is 5.91 Å². The Hall–Kier alpha value is -2.53. The summed E-state index contributed by atoms with van der Waals surface area (Å²) in [6.07, 6.45) is 0. The van der Waals surface area contributed by atoms with Crippen molar-refractivity contribution in [1.29, 1.82) is 0 Å². The molecule has 1 fully saturated rings. The second-order valence-electron chi connectivity index (χ2n) is 6.79. The van der Waals surface area contributed by atoms with Crippen molar-refractivity contribution < 1.29 is 14.3 Å². The van der Waals surface area contributed by atoms with Crippen LogP contribution >= 0.6 is 11.6 Å². The summed E-state index contributed by atoms with van der Waals surface area (Å²) < 4.78 is 5.53. The third-order valence-corrected chi connectivity index (χ3v) is 5.05. The first kappa shape index (κ1) is 19.2. The van der Waals surface area contributed by atoms with E-state index < -0.39 is 6.04 Å². The fourth-order valence-corrected chi connectivity index (χ4v) is 3.44. The first-order chi connectivity index (χ1) is 12.9. The first-order valence-electron chi connectivity index (χ1n) is 8.93. The molecule has 0 aromatic heterocycles. The topological polar surface area (TPSA) is 49.9 Å². The highest BCUT2D eigenvalue weighted by atomic mass is 35.5. The van der Waals surface area contributed by atoms with Crippen molar-refractivity contribution in [3.05, 3.63) is 58.6 Å². The number of carbonyl (C=O) groups excluding carboxylic acids is 2. The molecular formula is C21H23ClN2O3. The summed E-state index contributed by atoms with van der Waals surface area (Å²) in [5.74, 6) is 0.291. The molecule has 1 saturated heterocycles. The van der Waals surface area contributed by atoms with E-state index in [0.29, 0.717) is 23.9 Å². The monoisotopic (exact) mass is 386 g/mol. The van der Waals surface area contributed by atoms with Crippen LogP contribution in [0.2, 0.25) is 5.02 Å². The standard InChI is InChI=1S/C21H23ClN2O3/c1-14-4-9-19(15(2)12-14)24-11-10-23(16(3)21(24)26)20(25)13-27-18-7-5-17(22)6-8-18/h4-9,12,16H,10-11,13H2,1-3H3/t16-/m0/s1. The Balaban J connectivity index is 1.65. The van der Waals surface area contributed by atoms with Crippen LogP contribution in [0.5, 0.6) is 5.75 Å². The predicted octanol–water partition coefficient (Wildman–Crippen LogP) is 3.60. The van der Waals surface area contributed by atoms with Crippen LogP contribution in [-0.4, -0.2) is 42.5 Å². The molecule has 0 N–H and O–H groups in total. The lowest BCUT2D eigenvalue weighted by Gasteiger charge is -2.39. The molecule has 27 heavy (non-hydrogen) atoms. The van der Waals surface area contributed by atoms with Gasteiger partial charge in [0, 0.05) is 23.8 Å². The van der Waals surface area contributed by atoms with Gasteiger partial charge in [-0.25, -0.2) is 0 Å². The van der Waals surface area contributed by atoms with Crippen molar-refractivity contribution in [2.24, 2.45) is 0 Å². The third-order valence-electron chi connectivity index (χ3n) is 4.79. The van der Waals surface area contributed by atoms with Gasteiger partial charge in [-0.15, -0.1) is 0 Å². The second-order valence-corrected chi connectivity index (χ2v) is 7.22. The number of ether oxygens (including phenoxy) is 1. The maximum atomic E-state index is 12.9. The lowest BCUT2D eigenvalue weighted by atomic mass is 10.1. The Morgan fingerprint density at radius 2 is 1.85 bits per heavy atom. The van der Waals surface area contributed by atoms with Crippen LogP contribution in [0.4, 0.5) is 5.69 Å². The summed E-state index contributed by atoms with van der Waals surface area (Å²) >= 11 is 5.84. The number of benzene rings is 2. The van der Waals surface area contributed by atoms with Crippen molar-refractivity contribution in [2.75, 3.05) is 24.6 Å². The highest BCUT2D eigenvalue weighted by Gasteiger charge is 2.35. The fraction of sp³-hybridized carbons (Fsp3) is 0.333. The number of carbonyl (C=O) groups is 2. The molecule has 2 aromatic carbocycles. The summed E-state index contributed by atoms with van der Waals surface area (Å²) in [4.78, 5) is 28.8.